The number of benzene rings is 1. The van der Waals surface area contributed by atoms with Crippen LogP contribution in [0.2, 0.25) is 0 Å². The van der Waals surface area contributed by atoms with Gasteiger partial charge in [0.1, 0.15) is 0 Å². The van der Waals surface area contributed by atoms with E-state index in [9.17, 15) is 9.90 Å². The van der Waals surface area contributed by atoms with E-state index in [1.54, 1.807) is 23.1 Å². The minimum Gasteiger partial charge on any atom is -0.396 e. The lowest BCUT2D eigenvalue weighted by atomic mass is 10.0. The van der Waals surface area contributed by atoms with Crippen molar-refractivity contribution < 1.29 is 9.90 Å². The number of rotatable bonds is 7. The summed E-state index contributed by atoms with van der Waals surface area (Å²) in [6.45, 7) is 3.87. The van der Waals surface area contributed by atoms with Crippen LogP contribution in [0.5, 0.6) is 0 Å². The van der Waals surface area contributed by atoms with Gasteiger partial charge in [-0.15, -0.1) is 23.1 Å². The highest BCUT2D eigenvalue weighted by Gasteiger charge is 2.17. The second-order valence-corrected chi connectivity index (χ2v) is 6.92. The van der Waals surface area contributed by atoms with E-state index in [4.69, 9.17) is 0 Å². The van der Waals surface area contributed by atoms with Crippen molar-refractivity contribution in [1.29, 1.82) is 0 Å². The number of aromatic nitrogens is 1. The van der Waals surface area contributed by atoms with E-state index in [0.717, 1.165) is 16.3 Å². The molecule has 4 nitrogen and oxygen atoms in total. The largest absolute Gasteiger partial charge is 0.396 e. The van der Waals surface area contributed by atoms with E-state index in [-0.39, 0.29) is 24.5 Å². The third-order valence-electron chi connectivity index (χ3n) is 3.49. The maximum absolute atomic E-state index is 12.4. The van der Waals surface area contributed by atoms with Gasteiger partial charge in [-0.05, 0) is 25.0 Å². The molecule has 1 heterocycles. The third kappa shape index (κ3) is 4.56. The molecule has 0 aliphatic carbocycles. The van der Waals surface area contributed by atoms with Gasteiger partial charge >= 0.3 is 0 Å². The fourth-order valence-electron chi connectivity index (χ4n) is 1.83. The Hall–Kier alpha value is -1.37. The van der Waals surface area contributed by atoms with Crippen LogP contribution in [-0.2, 0) is 5.75 Å². The molecule has 2 atom stereocenters. The normalized spacial score (nSPS) is 13.6. The summed E-state index contributed by atoms with van der Waals surface area (Å²) in [5.41, 5.74) is 3.50. The van der Waals surface area contributed by atoms with Gasteiger partial charge in [0.25, 0.3) is 5.91 Å². The first kappa shape index (κ1) is 17.0. The molecule has 6 heteroatoms. The molecule has 0 saturated heterocycles. The van der Waals surface area contributed by atoms with Gasteiger partial charge in [-0.2, -0.15) is 0 Å². The fourth-order valence-corrected chi connectivity index (χ4v) is 3.44. The van der Waals surface area contributed by atoms with Gasteiger partial charge < -0.3 is 10.4 Å². The SMILES string of the molecule is CC(CO)C(C)NC(=O)c1ccccc1SCc1cscn1. The topological polar surface area (TPSA) is 62.2 Å². The summed E-state index contributed by atoms with van der Waals surface area (Å²) < 4.78 is 0. The predicted octanol–water partition coefficient (Wildman–Crippen LogP) is 3.18. The molecule has 2 aromatic rings. The lowest BCUT2D eigenvalue weighted by molar-refractivity contribution is 0.0913. The van der Waals surface area contributed by atoms with Crippen LogP contribution in [0.1, 0.15) is 29.9 Å². The molecule has 2 rings (SSSR count). The van der Waals surface area contributed by atoms with Crippen LogP contribution in [0.25, 0.3) is 0 Å². The molecule has 1 aromatic carbocycles. The Bertz CT molecular complexity index is 602. The minimum atomic E-state index is -0.103. The van der Waals surface area contributed by atoms with E-state index in [2.05, 4.69) is 10.3 Å². The maximum atomic E-state index is 12.4. The van der Waals surface area contributed by atoms with E-state index < -0.39 is 0 Å². The number of carbonyl (C=O) groups excluding carboxylic acids is 1. The molecular weight excluding hydrogens is 316 g/mol. The van der Waals surface area contributed by atoms with Gasteiger partial charge in [-0.25, -0.2) is 4.98 Å². The monoisotopic (exact) mass is 336 g/mol. The molecule has 0 aliphatic rings. The molecule has 0 bridgehead atoms. The van der Waals surface area contributed by atoms with Crippen LogP contribution in [0.3, 0.4) is 0 Å². The molecule has 0 radical (unpaired) electrons. The van der Waals surface area contributed by atoms with Gasteiger partial charge in [0.2, 0.25) is 0 Å². The predicted molar refractivity (Wildman–Crippen MR) is 91.3 cm³/mol. The van der Waals surface area contributed by atoms with E-state index in [1.807, 2.05) is 49.0 Å². The van der Waals surface area contributed by atoms with Crippen LogP contribution >= 0.6 is 23.1 Å². The van der Waals surface area contributed by atoms with Crippen molar-refractivity contribution in [3.8, 4) is 0 Å². The van der Waals surface area contributed by atoms with E-state index in [0.29, 0.717) is 5.56 Å². The number of carbonyl (C=O) groups is 1. The quantitative estimate of drug-likeness (QED) is 0.762. The first-order valence-corrected chi connectivity index (χ1v) is 9.05. The second-order valence-electron chi connectivity index (χ2n) is 5.19. The van der Waals surface area contributed by atoms with Crippen LogP contribution in [0.15, 0.2) is 40.1 Å². The Kier molecular flexibility index (Phi) is 6.42. The van der Waals surface area contributed by atoms with Crippen LogP contribution in [-0.4, -0.2) is 28.6 Å². The van der Waals surface area contributed by atoms with Gasteiger partial charge in [0.15, 0.2) is 0 Å². The zero-order valence-corrected chi connectivity index (χ0v) is 14.3. The molecule has 118 valence electrons. The van der Waals surface area contributed by atoms with Crippen LogP contribution in [0, 0.1) is 5.92 Å². The number of thiazole rings is 1. The summed E-state index contributed by atoms with van der Waals surface area (Å²) in [6, 6.07) is 7.50. The van der Waals surface area contributed by atoms with Crippen molar-refractivity contribution in [2.24, 2.45) is 5.92 Å². The molecule has 0 saturated carbocycles. The highest BCUT2D eigenvalue weighted by Crippen LogP contribution is 2.26. The highest BCUT2D eigenvalue weighted by atomic mass is 32.2. The summed E-state index contributed by atoms with van der Waals surface area (Å²) in [5, 5.41) is 14.1. The number of thioether (sulfide) groups is 1. The first-order valence-electron chi connectivity index (χ1n) is 7.12. The number of hydrogen-bond acceptors (Lipinski definition) is 5. The Labute approximate surface area is 139 Å². The smallest absolute Gasteiger partial charge is 0.252 e. The van der Waals surface area contributed by atoms with Crippen LogP contribution in [0.4, 0.5) is 0 Å². The number of amides is 1. The van der Waals surface area contributed by atoms with Crippen molar-refractivity contribution >= 4 is 29.0 Å². The standard InChI is InChI=1S/C16H20N2O2S2/c1-11(7-19)12(2)18-16(20)14-5-3-4-6-15(14)22-9-13-8-21-10-17-13/h3-6,8,10-12,19H,7,9H2,1-2H3,(H,18,20). The molecule has 0 aliphatic heterocycles. The zero-order valence-electron chi connectivity index (χ0n) is 12.7. The molecule has 1 aromatic heterocycles. The number of hydrogen-bond donors (Lipinski definition) is 2. The van der Waals surface area contributed by atoms with Crippen molar-refractivity contribution in [3.05, 3.63) is 46.4 Å². The summed E-state index contributed by atoms with van der Waals surface area (Å²) in [5.74, 6) is 0.670. The number of nitrogens with one attached hydrogen (secondary N) is 1. The lowest BCUT2D eigenvalue weighted by Crippen LogP contribution is -2.38. The molecule has 2 N–H and O–H groups in total. The summed E-state index contributed by atoms with van der Waals surface area (Å²) in [6.07, 6.45) is 0. The van der Waals surface area contributed by atoms with Gasteiger partial charge in [0, 0.05) is 28.7 Å². The minimum absolute atomic E-state index is 0.0266. The first-order chi connectivity index (χ1) is 10.6. The van der Waals surface area contributed by atoms with Crippen molar-refractivity contribution in [2.75, 3.05) is 6.61 Å². The van der Waals surface area contributed by atoms with E-state index >= 15 is 0 Å². The average molecular weight is 336 g/mol. The van der Waals surface area contributed by atoms with Crippen molar-refractivity contribution in [3.63, 3.8) is 0 Å². The Morgan fingerprint density at radius 2 is 2.18 bits per heavy atom. The average Bonchev–Trinajstić information content (AvgIpc) is 3.05. The van der Waals surface area contributed by atoms with Crippen molar-refractivity contribution in [2.45, 2.75) is 30.5 Å². The number of aliphatic hydroxyl groups excluding tert-OH is 1. The number of nitrogens with zero attached hydrogens (tertiary/aromatic N) is 1. The van der Waals surface area contributed by atoms with Gasteiger partial charge in [-0.1, -0.05) is 19.1 Å². The summed E-state index contributed by atoms with van der Waals surface area (Å²) in [7, 11) is 0. The number of aliphatic hydroxyl groups is 1. The summed E-state index contributed by atoms with van der Waals surface area (Å²) in [4.78, 5) is 17.6. The lowest BCUT2D eigenvalue weighted by Gasteiger charge is -2.20. The molecular formula is C16H20N2O2S2. The fraction of sp³-hybridized carbons (Fsp3) is 0.375. The molecule has 2 unspecified atom stereocenters. The maximum Gasteiger partial charge on any atom is 0.252 e. The molecule has 22 heavy (non-hydrogen) atoms. The van der Waals surface area contributed by atoms with Crippen LogP contribution < -0.4 is 5.32 Å². The molecule has 0 spiro atoms. The molecule has 0 fully saturated rings. The Morgan fingerprint density at radius 1 is 1.41 bits per heavy atom. The van der Waals surface area contributed by atoms with Gasteiger partial charge in [-0.3, -0.25) is 4.79 Å². The van der Waals surface area contributed by atoms with E-state index in [1.165, 1.54) is 0 Å². The van der Waals surface area contributed by atoms with Crippen molar-refractivity contribution in [1.82, 2.24) is 10.3 Å². The Balaban J connectivity index is 2.05. The second kappa shape index (κ2) is 8.31. The molecule has 1 amide bonds. The van der Waals surface area contributed by atoms with Gasteiger partial charge in [0.05, 0.1) is 16.8 Å². The Morgan fingerprint density at radius 3 is 2.86 bits per heavy atom. The highest BCUT2D eigenvalue weighted by molar-refractivity contribution is 7.98. The third-order valence-corrected chi connectivity index (χ3v) is 5.23. The zero-order chi connectivity index (χ0) is 15.9. The summed E-state index contributed by atoms with van der Waals surface area (Å²) >= 11 is 3.18.